The number of nitrogen functional groups attached to an aromatic ring is 1. The van der Waals surface area contributed by atoms with Crippen molar-refractivity contribution in [2.45, 2.75) is 6.54 Å². The Kier molecular flexibility index (Phi) is 2.72. The molecule has 2 rings (SSSR count). The highest BCUT2D eigenvalue weighted by Crippen LogP contribution is 2.00. The normalized spacial score (nSPS) is 10.0. The SMILES string of the molecule is Nc1cn(CC(=O)Nc2cncnc2)nn1. The van der Waals surface area contributed by atoms with Gasteiger partial charge in [-0.3, -0.25) is 4.79 Å². The van der Waals surface area contributed by atoms with Gasteiger partial charge in [-0.1, -0.05) is 5.21 Å². The van der Waals surface area contributed by atoms with E-state index in [2.05, 4.69) is 25.6 Å². The zero-order valence-corrected chi connectivity index (χ0v) is 8.24. The van der Waals surface area contributed by atoms with Gasteiger partial charge in [-0.2, -0.15) is 0 Å². The van der Waals surface area contributed by atoms with E-state index in [4.69, 9.17) is 5.73 Å². The van der Waals surface area contributed by atoms with Crippen molar-refractivity contribution in [1.82, 2.24) is 25.0 Å². The number of carbonyl (C=O) groups excluding carboxylic acids is 1. The predicted molar refractivity (Wildman–Crippen MR) is 55.1 cm³/mol. The number of carbonyl (C=O) groups is 1. The van der Waals surface area contributed by atoms with Crippen molar-refractivity contribution in [1.29, 1.82) is 0 Å². The molecule has 0 aromatic carbocycles. The molecule has 0 fully saturated rings. The largest absolute Gasteiger partial charge is 0.381 e. The zero-order valence-electron chi connectivity index (χ0n) is 8.24. The second-order valence-corrected chi connectivity index (χ2v) is 3.02. The van der Waals surface area contributed by atoms with Crippen LogP contribution in [0.25, 0.3) is 0 Å². The van der Waals surface area contributed by atoms with Gasteiger partial charge in [0.1, 0.15) is 12.9 Å². The van der Waals surface area contributed by atoms with E-state index in [1.54, 1.807) is 0 Å². The van der Waals surface area contributed by atoms with Crippen LogP contribution in [0.2, 0.25) is 0 Å². The van der Waals surface area contributed by atoms with Gasteiger partial charge in [-0.05, 0) is 0 Å². The van der Waals surface area contributed by atoms with E-state index in [0.717, 1.165) is 0 Å². The van der Waals surface area contributed by atoms with Gasteiger partial charge < -0.3 is 11.1 Å². The number of rotatable bonds is 3. The number of hydrogen-bond acceptors (Lipinski definition) is 6. The van der Waals surface area contributed by atoms with E-state index in [-0.39, 0.29) is 18.3 Å². The summed E-state index contributed by atoms with van der Waals surface area (Å²) in [5.74, 6) is 0.0237. The van der Waals surface area contributed by atoms with Gasteiger partial charge in [-0.15, -0.1) is 5.10 Å². The summed E-state index contributed by atoms with van der Waals surface area (Å²) in [5.41, 5.74) is 5.89. The molecule has 0 saturated carbocycles. The Morgan fingerprint density at radius 1 is 1.44 bits per heavy atom. The molecule has 2 aromatic heterocycles. The molecule has 2 heterocycles. The van der Waals surface area contributed by atoms with Crippen LogP contribution in [0.4, 0.5) is 11.5 Å². The van der Waals surface area contributed by atoms with Crippen molar-refractivity contribution in [3.63, 3.8) is 0 Å². The molecule has 0 aliphatic carbocycles. The molecule has 8 heteroatoms. The molecule has 0 saturated heterocycles. The van der Waals surface area contributed by atoms with Crippen LogP contribution in [0, 0.1) is 0 Å². The Hall–Kier alpha value is -2.51. The predicted octanol–water partition coefficient (Wildman–Crippen LogP) is -0.711. The van der Waals surface area contributed by atoms with Crippen molar-refractivity contribution in [3.05, 3.63) is 24.9 Å². The molecule has 82 valence electrons. The average Bonchev–Trinajstić information content (AvgIpc) is 2.65. The van der Waals surface area contributed by atoms with E-state index in [9.17, 15) is 4.79 Å². The van der Waals surface area contributed by atoms with E-state index >= 15 is 0 Å². The second-order valence-electron chi connectivity index (χ2n) is 3.02. The lowest BCUT2D eigenvalue weighted by Crippen LogP contribution is -2.19. The highest BCUT2D eigenvalue weighted by atomic mass is 16.2. The lowest BCUT2D eigenvalue weighted by Gasteiger charge is -2.02. The van der Waals surface area contributed by atoms with E-state index in [1.807, 2.05) is 0 Å². The third-order valence-electron chi connectivity index (χ3n) is 1.71. The Labute approximate surface area is 90.5 Å². The molecule has 0 spiro atoms. The Morgan fingerprint density at radius 2 is 2.19 bits per heavy atom. The minimum atomic E-state index is -0.250. The minimum Gasteiger partial charge on any atom is -0.381 e. The molecule has 0 aliphatic rings. The maximum Gasteiger partial charge on any atom is 0.246 e. The fraction of sp³-hybridized carbons (Fsp3) is 0.125. The van der Waals surface area contributed by atoms with Gasteiger partial charge in [0.05, 0.1) is 24.3 Å². The number of nitrogens with zero attached hydrogens (tertiary/aromatic N) is 5. The first-order valence-electron chi connectivity index (χ1n) is 4.44. The van der Waals surface area contributed by atoms with Crippen molar-refractivity contribution in [2.24, 2.45) is 0 Å². The summed E-state index contributed by atoms with van der Waals surface area (Å²) in [6, 6.07) is 0. The first-order chi connectivity index (χ1) is 7.74. The molecule has 3 N–H and O–H groups in total. The standard InChI is InChI=1S/C8H9N7O/c9-7-3-15(14-13-7)4-8(16)12-6-1-10-5-11-2-6/h1-3,5H,4,9H2,(H,12,16). The molecule has 0 unspecified atom stereocenters. The number of aromatic nitrogens is 5. The summed E-state index contributed by atoms with van der Waals surface area (Å²) in [6.07, 6.45) is 5.86. The van der Waals surface area contributed by atoms with Crippen LogP contribution >= 0.6 is 0 Å². The maximum absolute atomic E-state index is 11.5. The molecule has 8 nitrogen and oxygen atoms in total. The van der Waals surface area contributed by atoms with Gasteiger partial charge in [0, 0.05) is 0 Å². The van der Waals surface area contributed by atoms with Crippen LogP contribution < -0.4 is 11.1 Å². The van der Waals surface area contributed by atoms with Crippen molar-refractivity contribution >= 4 is 17.4 Å². The van der Waals surface area contributed by atoms with Crippen LogP contribution in [0.15, 0.2) is 24.9 Å². The van der Waals surface area contributed by atoms with Gasteiger partial charge in [-0.25, -0.2) is 14.6 Å². The van der Waals surface area contributed by atoms with Crippen LogP contribution in [0.5, 0.6) is 0 Å². The minimum absolute atomic E-state index is 0.0408. The highest BCUT2D eigenvalue weighted by Gasteiger charge is 2.05. The van der Waals surface area contributed by atoms with Gasteiger partial charge in [0.2, 0.25) is 5.91 Å². The zero-order chi connectivity index (χ0) is 11.4. The molecular weight excluding hydrogens is 210 g/mol. The number of nitrogens with two attached hydrogens (primary N) is 1. The maximum atomic E-state index is 11.5. The van der Waals surface area contributed by atoms with Crippen molar-refractivity contribution < 1.29 is 4.79 Å². The quantitative estimate of drug-likeness (QED) is 0.705. The van der Waals surface area contributed by atoms with E-state index in [1.165, 1.54) is 29.6 Å². The monoisotopic (exact) mass is 219 g/mol. The summed E-state index contributed by atoms with van der Waals surface area (Å²) in [7, 11) is 0. The fourth-order valence-electron chi connectivity index (χ4n) is 1.10. The van der Waals surface area contributed by atoms with E-state index in [0.29, 0.717) is 5.69 Å². The summed E-state index contributed by atoms with van der Waals surface area (Å²) >= 11 is 0. The first kappa shape index (κ1) is 10.0. The molecular formula is C8H9N7O. The summed E-state index contributed by atoms with van der Waals surface area (Å²) < 4.78 is 1.34. The lowest BCUT2D eigenvalue weighted by molar-refractivity contribution is -0.116. The third kappa shape index (κ3) is 2.50. The number of nitrogens with one attached hydrogen (secondary N) is 1. The summed E-state index contributed by atoms with van der Waals surface area (Å²) in [5, 5.41) is 9.82. The molecule has 0 aliphatic heterocycles. The Bertz CT molecular complexity index is 480. The fourth-order valence-corrected chi connectivity index (χ4v) is 1.10. The molecule has 2 aromatic rings. The number of hydrogen-bond donors (Lipinski definition) is 2. The Morgan fingerprint density at radius 3 is 2.81 bits per heavy atom. The molecule has 0 atom stereocenters. The smallest absolute Gasteiger partial charge is 0.246 e. The lowest BCUT2D eigenvalue weighted by atomic mass is 10.5. The van der Waals surface area contributed by atoms with E-state index < -0.39 is 0 Å². The van der Waals surface area contributed by atoms with Crippen LogP contribution in [0.3, 0.4) is 0 Å². The number of anilines is 2. The van der Waals surface area contributed by atoms with Crippen molar-refractivity contribution in [3.8, 4) is 0 Å². The summed E-state index contributed by atoms with van der Waals surface area (Å²) in [6.45, 7) is 0.0408. The van der Waals surface area contributed by atoms with Crippen LogP contribution in [0.1, 0.15) is 0 Å². The van der Waals surface area contributed by atoms with Gasteiger partial charge in [0.15, 0.2) is 5.82 Å². The van der Waals surface area contributed by atoms with Crippen LogP contribution in [-0.4, -0.2) is 30.9 Å². The average molecular weight is 219 g/mol. The number of amides is 1. The molecule has 1 amide bonds. The molecule has 0 radical (unpaired) electrons. The van der Waals surface area contributed by atoms with Crippen molar-refractivity contribution in [2.75, 3.05) is 11.1 Å². The highest BCUT2D eigenvalue weighted by molar-refractivity contribution is 5.90. The van der Waals surface area contributed by atoms with Crippen LogP contribution in [-0.2, 0) is 11.3 Å². The Balaban J connectivity index is 1.95. The molecule has 16 heavy (non-hydrogen) atoms. The molecule has 0 bridgehead atoms. The first-order valence-corrected chi connectivity index (χ1v) is 4.44. The third-order valence-corrected chi connectivity index (χ3v) is 1.71. The topological polar surface area (TPSA) is 112 Å². The second kappa shape index (κ2) is 4.34. The van der Waals surface area contributed by atoms with Gasteiger partial charge in [0.25, 0.3) is 0 Å². The summed E-state index contributed by atoms with van der Waals surface area (Å²) in [4.78, 5) is 19.0. The van der Waals surface area contributed by atoms with Gasteiger partial charge >= 0.3 is 0 Å².